The van der Waals surface area contributed by atoms with Gasteiger partial charge in [-0.15, -0.1) is 0 Å². The van der Waals surface area contributed by atoms with Crippen LogP contribution in [0, 0.1) is 5.92 Å². The fraction of sp³-hybridized carbons (Fsp3) is 0.231. The number of hydrogen-bond acceptors (Lipinski definition) is 2. The predicted octanol–water partition coefficient (Wildman–Crippen LogP) is 2.58. The third kappa shape index (κ3) is 1.76. The molecule has 16 heavy (non-hydrogen) atoms. The maximum absolute atomic E-state index is 11.6. The van der Waals surface area contributed by atoms with Gasteiger partial charge in [0, 0.05) is 11.3 Å². The summed E-state index contributed by atoms with van der Waals surface area (Å²) in [5, 5.41) is 3.94. The lowest BCUT2D eigenvalue weighted by atomic mass is 10.2. The van der Waals surface area contributed by atoms with E-state index in [4.69, 9.17) is 0 Å². The molecule has 80 valence electrons. The van der Waals surface area contributed by atoms with Crippen molar-refractivity contribution < 1.29 is 4.79 Å². The summed E-state index contributed by atoms with van der Waals surface area (Å²) in [6.45, 7) is 0. The minimum atomic E-state index is 0.0998. The number of nitrogens with zero attached hydrogens (tertiary/aromatic N) is 1. The van der Waals surface area contributed by atoms with Crippen LogP contribution in [0.4, 0.5) is 5.82 Å². The predicted molar refractivity (Wildman–Crippen MR) is 63.1 cm³/mol. The van der Waals surface area contributed by atoms with E-state index in [1.54, 1.807) is 0 Å². The third-order valence-electron chi connectivity index (χ3n) is 2.80. The molecule has 1 aliphatic carbocycles. The van der Waals surface area contributed by atoms with Crippen molar-refractivity contribution in [3.63, 3.8) is 0 Å². The number of rotatable bonds is 2. The molecule has 0 aliphatic heterocycles. The minimum absolute atomic E-state index is 0.0998. The summed E-state index contributed by atoms with van der Waals surface area (Å²) in [5.74, 6) is 0.964. The van der Waals surface area contributed by atoms with E-state index in [1.165, 1.54) is 0 Å². The number of hydrogen-bond donors (Lipinski definition) is 1. The zero-order valence-corrected chi connectivity index (χ0v) is 8.81. The SMILES string of the molecule is O=C(Nc1ccc2ccccc2n1)C1CC1. The lowest BCUT2D eigenvalue weighted by molar-refractivity contribution is -0.117. The summed E-state index contributed by atoms with van der Waals surface area (Å²) in [7, 11) is 0. The molecule has 2 aromatic rings. The quantitative estimate of drug-likeness (QED) is 0.831. The lowest BCUT2D eigenvalue weighted by Crippen LogP contribution is -2.14. The summed E-state index contributed by atoms with van der Waals surface area (Å²) in [6.07, 6.45) is 2.03. The Labute approximate surface area is 93.5 Å². The van der Waals surface area contributed by atoms with Gasteiger partial charge in [-0.2, -0.15) is 0 Å². The van der Waals surface area contributed by atoms with Gasteiger partial charge in [0.2, 0.25) is 5.91 Å². The van der Waals surface area contributed by atoms with Crippen molar-refractivity contribution in [3.05, 3.63) is 36.4 Å². The highest BCUT2D eigenvalue weighted by Gasteiger charge is 2.29. The summed E-state index contributed by atoms with van der Waals surface area (Å²) in [6, 6.07) is 11.7. The fourth-order valence-corrected chi connectivity index (χ4v) is 1.71. The van der Waals surface area contributed by atoms with E-state index in [1.807, 2.05) is 36.4 Å². The van der Waals surface area contributed by atoms with Crippen LogP contribution in [0.5, 0.6) is 0 Å². The standard InChI is InChI=1S/C13H12N2O/c16-13(10-5-6-10)15-12-8-7-9-3-1-2-4-11(9)14-12/h1-4,7-8,10H,5-6H2,(H,14,15,16). The fourth-order valence-electron chi connectivity index (χ4n) is 1.71. The molecular formula is C13H12N2O. The van der Waals surface area contributed by atoms with E-state index < -0.39 is 0 Å². The van der Waals surface area contributed by atoms with Crippen molar-refractivity contribution in [2.24, 2.45) is 5.92 Å². The number of nitrogens with one attached hydrogen (secondary N) is 1. The molecular weight excluding hydrogens is 200 g/mol. The van der Waals surface area contributed by atoms with Gasteiger partial charge in [0.25, 0.3) is 0 Å². The molecule has 0 unspecified atom stereocenters. The van der Waals surface area contributed by atoms with E-state index in [-0.39, 0.29) is 11.8 Å². The molecule has 1 aliphatic rings. The van der Waals surface area contributed by atoms with Gasteiger partial charge in [-0.05, 0) is 31.0 Å². The maximum atomic E-state index is 11.6. The largest absolute Gasteiger partial charge is 0.310 e. The average Bonchev–Trinajstić information content (AvgIpc) is 3.12. The molecule has 3 heteroatoms. The van der Waals surface area contributed by atoms with E-state index in [2.05, 4.69) is 10.3 Å². The number of benzene rings is 1. The van der Waals surface area contributed by atoms with Crippen molar-refractivity contribution in [1.29, 1.82) is 0 Å². The van der Waals surface area contributed by atoms with Crippen molar-refractivity contribution in [3.8, 4) is 0 Å². The minimum Gasteiger partial charge on any atom is -0.310 e. The number of pyridine rings is 1. The first-order valence-corrected chi connectivity index (χ1v) is 5.49. The average molecular weight is 212 g/mol. The van der Waals surface area contributed by atoms with E-state index >= 15 is 0 Å². The second-order valence-electron chi connectivity index (χ2n) is 4.15. The second-order valence-corrected chi connectivity index (χ2v) is 4.15. The number of fused-ring (bicyclic) bond motifs is 1. The zero-order chi connectivity index (χ0) is 11.0. The van der Waals surface area contributed by atoms with Crippen molar-refractivity contribution in [1.82, 2.24) is 4.98 Å². The Morgan fingerprint density at radius 3 is 2.81 bits per heavy atom. The number of carbonyl (C=O) groups excluding carboxylic acids is 1. The van der Waals surface area contributed by atoms with Crippen molar-refractivity contribution in [2.45, 2.75) is 12.8 Å². The monoisotopic (exact) mass is 212 g/mol. The lowest BCUT2D eigenvalue weighted by Gasteiger charge is -2.04. The molecule has 1 heterocycles. The summed E-state index contributed by atoms with van der Waals surface area (Å²) in [4.78, 5) is 16.0. The first-order chi connectivity index (χ1) is 7.83. The zero-order valence-electron chi connectivity index (χ0n) is 8.81. The van der Waals surface area contributed by atoms with Crippen LogP contribution in [0.15, 0.2) is 36.4 Å². The molecule has 1 saturated carbocycles. The van der Waals surface area contributed by atoms with E-state index in [0.29, 0.717) is 5.82 Å². The van der Waals surface area contributed by atoms with Crippen LogP contribution >= 0.6 is 0 Å². The Bertz CT molecular complexity index is 546. The van der Waals surface area contributed by atoms with Crippen molar-refractivity contribution >= 4 is 22.6 Å². The van der Waals surface area contributed by atoms with E-state index in [9.17, 15) is 4.79 Å². The first kappa shape index (κ1) is 9.33. The highest BCUT2D eigenvalue weighted by Crippen LogP contribution is 2.30. The highest BCUT2D eigenvalue weighted by molar-refractivity contribution is 5.94. The molecule has 3 nitrogen and oxygen atoms in total. The Hall–Kier alpha value is -1.90. The van der Waals surface area contributed by atoms with Gasteiger partial charge in [-0.3, -0.25) is 4.79 Å². The van der Waals surface area contributed by atoms with Crippen LogP contribution in [0.1, 0.15) is 12.8 Å². The van der Waals surface area contributed by atoms with E-state index in [0.717, 1.165) is 23.7 Å². The van der Waals surface area contributed by atoms with Gasteiger partial charge in [0.15, 0.2) is 0 Å². The van der Waals surface area contributed by atoms with Crippen LogP contribution in [-0.2, 0) is 4.79 Å². The van der Waals surface area contributed by atoms with Crippen molar-refractivity contribution in [2.75, 3.05) is 5.32 Å². The first-order valence-electron chi connectivity index (χ1n) is 5.49. The molecule has 0 atom stereocenters. The molecule has 0 saturated heterocycles. The molecule has 1 N–H and O–H groups in total. The number of para-hydroxylation sites is 1. The van der Waals surface area contributed by atoms with Gasteiger partial charge in [0.1, 0.15) is 5.82 Å². The molecule has 0 spiro atoms. The third-order valence-corrected chi connectivity index (χ3v) is 2.80. The normalized spacial score (nSPS) is 15.0. The molecule has 1 aromatic carbocycles. The molecule has 1 aromatic heterocycles. The number of amides is 1. The Kier molecular flexibility index (Phi) is 2.10. The van der Waals surface area contributed by atoms with Crippen LogP contribution < -0.4 is 5.32 Å². The summed E-state index contributed by atoms with van der Waals surface area (Å²) >= 11 is 0. The second kappa shape index (κ2) is 3.59. The Morgan fingerprint density at radius 1 is 1.19 bits per heavy atom. The van der Waals surface area contributed by atoms with Gasteiger partial charge in [-0.25, -0.2) is 4.98 Å². The molecule has 0 radical (unpaired) electrons. The molecule has 3 rings (SSSR count). The van der Waals surface area contributed by atoms with Crippen LogP contribution in [0.2, 0.25) is 0 Å². The van der Waals surface area contributed by atoms with Crippen LogP contribution in [0.25, 0.3) is 10.9 Å². The number of carbonyl (C=O) groups is 1. The van der Waals surface area contributed by atoms with Gasteiger partial charge in [0.05, 0.1) is 5.52 Å². The summed E-state index contributed by atoms with van der Waals surface area (Å²) in [5.41, 5.74) is 0.913. The topological polar surface area (TPSA) is 42.0 Å². The highest BCUT2D eigenvalue weighted by atomic mass is 16.2. The summed E-state index contributed by atoms with van der Waals surface area (Å²) < 4.78 is 0. The Balaban J connectivity index is 1.89. The molecule has 1 fully saturated rings. The van der Waals surface area contributed by atoms with Gasteiger partial charge in [-0.1, -0.05) is 18.2 Å². The van der Waals surface area contributed by atoms with Gasteiger partial charge < -0.3 is 5.32 Å². The Morgan fingerprint density at radius 2 is 2.00 bits per heavy atom. The number of anilines is 1. The smallest absolute Gasteiger partial charge is 0.228 e. The molecule has 1 amide bonds. The van der Waals surface area contributed by atoms with Crippen LogP contribution in [-0.4, -0.2) is 10.9 Å². The maximum Gasteiger partial charge on any atom is 0.228 e. The molecule has 0 bridgehead atoms. The van der Waals surface area contributed by atoms with Gasteiger partial charge >= 0.3 is 0 Å². The number of aromatic nitrogens is 1. The van der Waals surface area contributed by atoms with Crippen LogP contribution in [0.3, 0.4) is 0 Å².